The van der Waals surface area contributed by atoms with Gasteiger partial charge in [-0.2, -0.15) is 0 Å². The van der Waals surface area contributed by atoms with E-state index in [1.54, 1.807) is 42.0 Å². The fourth-order valence-electron chi connectivity index (χ4n) is 4.56. The van der Waals surface area contributed by atoms with E-state index in [1.807, 2.05) is 66.7 Å². The predicted molar refractivity (Wildman–Crippen MR) is 144 cm³/mol. The summed E-state index contributed by atoms with van der Waals surface area (Å²) in [6.45, 7) is 0.279. The first-order valence-electron chi connectivity index (χ1n) is 11.8. The molecule has 5 rings (SSSR count). The maximum atomic E-state index is 13.8. The number of carbonyl (C=O) groups is 1. The van der Waals surface area contributed by atoms with Crippen molar-refractivity contribution in [2.75, 3.05) is 14.2 Å². The number of carbonyl (C=O) groups excluding carboxylic acids is 1. The zero-order chi connectivity index (χ0) is 25.9. The van der Waals surface area contributed by atoms with Crippen molar-refractivity contribution in [3.8, 4) is 33.8 Å². The maximum Gasteiger partial charge on any atom is 0.338 e. The van der Waals surface area contributed by atoms with E-state index < -0.39 is 5.97 Å². The molecule has 0 amide bonds. The highest BCUT2D eigenvalue weighted by atomic mass is 16.5. The minimum atomic E-state index is -0.399. The molecule has 0 bridgehead atoms. The second-order valence-electron chi connectivity index (χ2n) is 8.60. The molecule has 0 saturated carbocycles. The monoisotopic (exact) mass is 491 g/mol. The highest BCUT2D eigenvalue weighted by Gasteiger charge is 2.19. The van der Waals surface area contributed by atoms with Gasteiger partial charge in [0, 0.05) is 11.5 Å². The number of aromatic nitrogens is 1. The summed E-state index contributed by atoms with van der Waals surface area (Å²) < 4.78 is 12.0. The van der Waals surface area contributed by atoms with Crippen molar-refractivity contribution in [1.82, 2.24) is 4.57 Å². The number of rotatable bonds is 6. The molecule has 0 saturated heterocycles. The summed E-state index contributed by atoms with van der Waals surface area (Å²) in [6.07, 6.45) is 0. The lowest BCUT2D eigenvalue weighted by Gasteiger charge is -2.16. The van der Waals surface area contributed by atoms with Crippen LogP contribution >= 0.6 is 0 Å². The van der Waals surface area contributed by atoms with Gasteiger partial charge in [-0.15, -0.1) is 0 Å². The molecule has 1 N–H and O–H groups in total. The van der Waals surface area contributed by atoms with Gasteiger partial charge in [0.1, 0.15) is 11.5 Å². The molecule has 0 fully saturated rings. The molecule has 1 aromatic heterocycles. The number of hydrogen-bond donors (Lipinski definition) is 1. The van der Waals surface area contributed by atoms with E-state index in [9.17, 15) is 14.7 Å². The van der Waals surface area contributed by atoms with Crippen molar-refractivity contribution in [2.24, 2.45) is 0 Å². The molecule has 0 aliphatic heterocycles. The smallest absolute Gasteiger partial charge is 0.338 e. The molecule has 0 atom stereocenters. The van der Waals surface area contributed by atoms with Gasteiger partial charge in [-0.05, 0) is 40.5 Å². The van der Waals surface area contributed by atoms with Crippen LogP contribution in [0.3, 0.4) is 0 Å². The van der Waals surface area contributed by atoms with Crippen LogP contribution in [0.4, 0.5) is 0 Å². The topological polar surface area (TPSA) is 77.8 Å². The summed E-state index contributed by atoms with van der Waals surface area (Å²) >= 11 is 0. The van der Waals surface area contributed by atoms with Gasteiger partial charge in [0.2, 0.25) is 0 Å². The van der Waals surface area contributed by atoms with Crippen molar-refractivity contribution in [3.05, 3.63) is 119 Å². The molecular weight excluding hydrogens is 466 g/mol. The third-order valence-corrected chi connectivity index (χ3v) is 6.45. The van der Waals surface area contributed by atoms with Crippen molar-refractivity contribution in [3.63, 3.8) is 0 Å². The number of nitrogens with zero attached hydrogens (tertiary/aromatic N) is 1. The van der Waals surface area contributed by atoms with Crippen LogP contribution < -0.4 is 10.3 Å². The number of aromatic hydroxyl groups is 1. The minimum Gasteiger partial charge on any atom is -0.506 e. The highest BCUT2D eigenvalue weighted by molar-refractivity contribution is 5.97. The standard InChI is InChI=1S/C31H25NO5/c1-36-23-16-17-26-27(18-23)32(30(34)28(29(26)33)22-8-4-3-5-9-22)19-20-12-14-21(15-13-20)24-10-6-7-11-25(24)31(35)37-2/h3-18,33H,19H2,1-2H3. The van der Waals surface area contributed by atoms with Crippen LogP contribution in [0.1, 0.15) is 15.9 Å². The summed E-state index contributed by atoms with van der Waals surface area (Å²) in [4.78, 5) is 26.0. The molecule has 5 aromatic rings. The van der Waals surface area contributed by atoms with Gasteiger partial charge < -0.3 is 19.1 Å². The Morgan fingerprint density at radius 1 is 0.838 bits per heavy atom. The summed E-state index contributed by atoms with van der Waals surface area (Å²) in [5, 5.41) is 11.7. The molecule has 0 unspecified atom stereocenters. The van der Waals surface area contributed by atoms with Crippen molar-refractivity contribution in [1.29, 1.82) is 0 Å². The first-order valence-corrected chi connectivity index (χ1v) is 11.8. The summed E-state index contributed by atoms with van der Waals surface area (Å²) in [5.74, 6) is 0.131. The number of pyridine rings is 1. The first-order chi connectivity index (χ1) is 18.0. The Morgan fingerprint density at radius 2 is 1.54 bits per heavy atom. The van der Waals surface area contributed by atoms with E-state index >= 15 is 0 Å². The van der Waals surface area contributed by atoms with Gasteiger partial charge in [0.05, 0.1) is 37.4 Å². The van der Waals surface area contributed by atoms with Crippen molar-refractivity contribution < 1.29 is 19.4 Å². The van der Waals surface area contributed by atoms with Gasteiger partial charge >= 0.3 is 5.97 Å². The predicted octanol–water partition coefficient (Wildman–Crippen LogP) is 5.88. The second kappa shape index (κ2) is 10.0. The molecule has 37 heavy (non-hydrogen) atoms. The maximum absolute atomic E-state index is 13.8. The summed E-state index contributed by atoms with van der Waals surface area (Å²) in [6, 6.07) is 29.4. The molecule has 0 aliphatic rings. The van der Waals surface area contributed by atoms with Crippen LogP contribution in [-0.2, 0) is 11.3 Å². The zero-order valence-electron chi connectivity index (χ0n) is 20.5. The molecule has 184 valence electrons. The second-order valence-corrected chi connectivity index (χ2v) is 8.60. The van der Waals surface area contributed by atoms with Gasteiger partial charge in [-0.3, -0.25) is 4.79 Å². The van der Waals surface area contributed by atoms with Crippen molar-refractivity contribution >= 4 is 16.9 Å². The SMILES string of the molecule is COC(=O)c1ccccc1-c1ccc(Cn2c(=O)c(-c3ccccc3)c(O)c3ccc(OC)cc32)cc1. The van der Waals surface area contributed by atoms with E-state index in [4.69, 9.17) is 9.47 Å². The number of hydrogen-bond acceptors (Lipinski definition) is 5. The van der Waals surface area contributed by atoms with E-state index in [0.29, 0.717) is 27.8 Å². The van der Waals surface area contributed by atoms with Crippen LogP contribution in [0, 0.1) is 0 Å². The van der Waals surface area contributed by atoms with Gasteiger partial charge in [-0.25, -0.2) is 4.79 Å². The van der Waals surface area contributed by atoms with Gasteiger partial charge in [0.15, 0.2) is 0 Å². The molecule has 0 spiro atoms. The fraction of sp³-hybridized carbons (Fsp3) is 0.0968. The highest BCUT2D eigenvalue weighted by Crippen LogP contribution is 2.35. The van der Waals surface area contributed by atoms with E-state index in [1.165, 1.54) is 7.11 Å². The molecule has 6 heteroatoms. The van der Waals surface area contributed by atoms with E-state index in [2.05, 4.69) is 0 Å². The molecule has 0 radical (unpaired) electrons. The van der Waals surface area contributed by atoms with Gasteiger partial charge in [0.25, 0.3) is 5.56 Å². The van der Waals surface area contributed by atoms with Crippen LogP contribution in [0.25, 0.3) is 33.2 Å². The molecular formula is C31H25NO5. The van der Waals surface area contributed by atoms with Crippen LogP contribution in [0.2, 0.25) is 0 Å². The Morgan fingerprint density at radius 3 is 2.24 bits per heavy atom. The quantitative estimate of drug-likeness (QED) is 0.300. The largest absolute Gasteiger partial charge is 0.506 e. The Balaban J connectivity index is 1.62. The minimum absolute atomic E-state index is 0.0557. The molecule has 6 nitrogen and oxygen atoms in total. The fourth-order valence-corrected chi connectivity index (χ4v) is 4.56. The Labute approximate surface area is 214 Å². The third-order valence-electron chi connectivity index (χ3n) is 6.45. The number of benzene rings is 4. The summed E-state index contributed by atoms with van der Waals surface area (Å²) in [7, 11) is 2.92. The Bertz CT molecular complexity index is 1650. The average molecular weight is 492 g/mol. The number of methoxy groups -OCH3 is 2. The number of fused-ring (bicyclic) bond motifs is 1. The number of esters is 1. The van der Waals surface area contributed by atoms with Crippen LogP contribution in [-0.4, -0.2) is 29.9 Å². The van der Waals surface area contributed by atoms with Gasteiger partial charge in [-0.1, -0.05) is 72.8 Å². The Kier molecular flexibility index (Phi) is 6.47. The average Bonchev–Trinajstić information content (AvgIpc) is 2.95. The molecule has 1 heterocycles. The lowest BCUT2D eigenvalue weighted by atomic mass is 9.98. The number of ether oxygens (including phenoxy) is 2. The lowest BCUT2D eigenvalue weighted by Crippen LogP contribution is -2.23. The lowest BCUT2D eigenvalue weighted by molar-refractivity contribution is 0.0601. The normalized spacial score (nSPS) is 10.9. The van der Waals surface area contributed by atoms with Crippen molar-refractivity contribution in [2.45, 2.75) is 6.54 Å². The molecule has 0 aliphatic carbocycles. The summed E-state index contributed by atoms with van der Waals surface area (Å²) in [5.41, 5.74) is 4.16. The third kappa shape index (κ3) is 4.45. The van der Waals surface area contributed by atoms with Crippen LogP contribution in [0.15, 0.2) is 102 Å². The Hall–Kier alpha value is -4.84. The zero-order valence-corrected chi connectivity index (χ0v) is 20.5. The van der Waals surface area contributed by atoms with E-state index in [-0.39, 0.29) is 23.4 Å². The molecule has 4 aromatic carbocycles. The first kappa shape index (κ1) is 23.9. The van der Waals surface area contributed by atoms with E-state index in [0.717, 1.165) is 16.7 Å². The van der Waals surface area contributed by atoms with Crippen LogP contribution in [0.5, 0.6) is 11.5 Å².